The number of benzene rings is 1. The summed E-state index contributed by atoms with van der Waals surface area (Å²) in [5, 5.41) is 9.10. The molecule has 2 aromatic rings. The van der Waals surface area contributed by atoms with Crippen LogP contribution in [0.2, 0.25) is 0 Å². The number of hydrogen-bond donors (Lipinski definition) is 0. The van der Waals surface area contributed by atoms with E-state index >= 15 is 0 Å². The maximum atomic E-state index is 9.10. The van der Waals surface area contributed by atoms with Gasteiger partial charge in [0.15, 0.2) is 0 Å². The Morgan fingerprint density at radius 2 is 1.67 bits per heavy atom. The van der Waals surface area contributed by atoms with E-state index in [9.17, 15) is 0 Å². The highest BCUT2D eigenvalue weighted by atomic mass is 14.9. The van der Waals surface area contributed by atoms with Crippen LogP contribution in [0.25, 0.3) is 0 Å². The molecule has 0 fully saturated rings. The van der Waals surface area contributed by atoms with E-state index in [-0.39, 0.29) is 5.92 Å². The number of hydrogen-bond acceptors (Lipinski definition) is 3. The van der Waals surface area contributed by atoms with Crippen LogP contribution in [-0.2, 0) is 0 Å². The summed E-state index contributed by atoms with van der Waals surface area (Å²) < 4.78 is 0. The van der Waals surface area contributed by atoms with Crippen molar-refractivity contribution in [2.75, 3.05) is 0 Å². The number of nitriles is 1. The maximum Gasteiger partial charge on any atom is 0.149 e. The summed E-state index contributed by atoms with van der Waals surface area (Å²) in [5.41, 5.74) is 0.922. The van der Waals surface area contributed by atoms with Crippen molar-refractivity contribution >= 4 is 0 Å². The Morgan fingerprint density at radius 3 is 2.27 bits per heavy atom. The molecule has 0 N–H and O–H groups in total. The summed E-state index contributed by atoms with van der Waals surface area (Å²) in [6.07, 6.45) is 3.30. The van der Waals surface area contributed by atoms with E-state index in [4.69, 9.17) is 5.26 Å². The third kappa shape index (κ3) is 2.00. The summed E-state index contributed by atoms with van der Waals surface area (Å²) in [7, 11) is 0. The van der Waals surface area contributed by atoms with Crippen LogP contribution in [-0.4, -0.2) is 9.97 Å². The van der Waals surface area contributed by atoms with Crippen molar-refractivity contribution in [2.45, 2.75) is 5.92 Å². The summed E-state index contributed by atoms with van der Waals surface area (Å²) in [6, 6.07) is 13.5. The zero-order valence-corrected chi connectivity index (χ0v) is 8.04. The van der Waals surface area contributed by atoms with Crippen LogP contribution >= 0.6 is 0 Å². The van der Waals surface area contributed by atoms with Gasteiger partial charge in [0.25, 0.3) is 0 Å². The minimum Gasteiger partial charge on any atom is -0.240 e. The van der Waals surface area contributed by atoms with Crippen LogP contribution in [0.4, 0.5) is 0 Å². The Bertz CT molecular complexity index is 420. The summed E-state index contributed by atoms with van der Waals surface area (Å²) in [5.74, 6) is 0.165. The monoisotopic (exact) mass is 195 g/mol. The molecule has 0 saturated carbocycles. The highest BCUT2D eigenvalue weighted by molar-refractivity contribution is 5.31. The zero-order valence-electron chi connectivity index (χ0n) is 8.04. The quantitative estimate of drug-likeness (QED) is 0.737. The predicted molar refractivity (Wildman–Crippen MR) is 55.9 cm³/mol. The van der Waals surface area contributed by atoms with Crippen molar-refractivity contribution in [1.82, 2.24) is 9.97 Å². The summed E-state index contributed by atoms with van der Waals surface area (Å²) >= 11 is 0. The van der Waals surface area contributed by atoms with Crippen LogP contribution in [0.1, 0.15) is 17.3 Å². The van der Waals surface area contributed by atoms with Crippen LogP contribution < -0.4 is 0 Å². The van der Waals surface area contributed by atoms with Gasteiger partial charge in [0, 0.05) is 12.4 Å². The minimum atomic E-state index is -0.382. The van der Waals surface area contributed by atoms with Crippen molar-refractivity contribution < 1.29 is 0 Å². The molecule has 1 unspecified atom stereocenters. The van der Waals surface area contributed by atoms with Gasteiger partial charge in [0.2, 0.25) is 0 Å². The van der Waals surface area contributed by atoms with Crippen molar-refractivity contribution in [1.29, 1.82) is 5.26 Å². The molecule has 2 rings (SSSR count). The average Bonchev–Trinajstić information content (AvgIpc) is 2.33. The molecule has 0 bridgehead atoms. The Labute approximate surface area is 88.1 Å². The van der Waals surface area contributed by atoms with E-state index in [1.165, 1.54) is 0 Å². The fraction of sp³-hybridized carbons (Fsp3) is 0.0833. The molecule has 0 aliphatic heterocycles. The number of aromatic nitrogens is 2. The van der Waals surface area contributed by atoms with Crippen molar-refractivity contribution in [3.63, 3.8) is 0 Å². The first-order valence-electron chi connectivity index (χ1n) is 4.63. The second-order valence-electron chi connectivity index (χ2n) is 3.08. The van der Waals surface area contributed by atoms with E-state index < -0.39 is 0 Å². The Morgan fingerprint density at radius 1 is 1.00 bits per heavy atom. The van der Waals surface area contributed by atoms with Crippen LogP contribution in [0.3, 0.4) is 0 Å². The molecular weight excluding hydrogens is 186 g/mol. The van der Waals surface area contributed by atoms with Gasteiger partial charge in [0.05, 0.1) is 6.07 Å². The minimum absolute atomic E-state index is 0.382. The molecule has 0 aliphatic rings. The van der Waals surface area contributed by atoms with Crippen molar-refractivity contribution in [3.8, 4) is 6.07 Å². The predicted octanol–water partition coefficient (Wildman–Crippen LogP) is 2.13. The molecule has 0 radical (unpaired) electrons. The fourth-order valence-electron chi connectivity index (χ4n) is 1.39. The number of rotatable bonds is 2. The molecule has 0 aliphatic carbocycles. The molecule has 1 aromatic heterocycles. The van der Waals surface area contributed by atoms with Gasteiger partial charge in [-0.05, 0) is 11.6 Å². The first-order chi connectivity index (χ1) is 7.42. The lowest BCUT2D eigenvalue weighted by molar-refractivity contribution is 0.890. The fourth-order valence-corrected chi connectivity index (χ4v) is 1.39. The highest BCUT2D eigenvalue weighted by Crippen LogP contribution is 2.19. The van der Waals surface area contributed by atoms with Crippen molar-refractivity contribution in [2.24, 2.45) is 0 Å². The smallest absolute Gasteiger partial charge is 0.149 e. The van der Waals surface area contributed by atoms with Gasteiger partial charge < -0.3 is 0 Å². The van der Waals surface area contributed by atoms with Crippen molar-refractivity contribution in [3.05, 3.63) is 60.2 Å². The first-order valence-corrected chi connectivity index (χ1v) is 4.63. The molecular formula is C12H9N3. The van der Waals surface area contributed by atoms with Gasteiger partial charge in [-0.25, -0.2) is 9.97 Å². The molecule has 1 aromatic carbocycles. The SMILES string of the molecule is N#CC(c1ccccc1)c1ncccn1. The van der Waals surface area contributed by atoms with Crippen LogP contribution in [0.15, 0.2) is 48.8 Å². The lowest BCUT2D eigenvalue weighted by Gasteiger charge is -2.06. The molecule has 0 spiro atoms. The molecule has 72 valence electrons. The largest absolute Gasteiger partial charge is 0.240 e. The van der Waals surface area contributed by atoms with E-state index in [2.05, 4.69) is 16.0 Å². The van der Waals surface area contributed by atoms with Gasteiger partial charge >= 0.3 is 0 Å². The molecule has 3 heteroatoms. The van der Waals surface area contributed by atoms with Crippen LogP contribution in [0.5, 0.6) is 0 Å². The molecule has 15 heavy (non-hydrogen) atoms. The Hall–Kier alpha value is -2.21. The normalized spacial score (nSPS) is 11.7. The topological polar surface area (TPSA) is 49.6 Å². The second kappa shape index (κ2) is 4.34. The first kappa shape index (κ1) is 9.35. The summed E-state index contributed by atoms with van der Waals surface area (Å²) in [4.78, 5) is 8.19. The van der Waals surface area contributed by atoms with Gasteiger partial charge in [-0.1, -0.05) is 30.3 Å². The Kier molecular flexibility index (Phi) is 2.70. The van der Waals surface area contributed by atoms with Gasteiger partial charge in [-0.2, -0.15) is 5.26 Å². The summed E-state index contributed by atoms with van der Waals surface area (Å²) in [6.45, 7) is 0. The standard InChI is InChI=1S/C12H9N3/c13-9-11(10-5-2-1-3-6-10)12-14-7-4-8-15-12/h1-8,11H. The average molecular weight is 195 g/mol. The van der Waals surface area contributed by atoms with E-state index in [1.807, 2.05) is 30.3 Å². The molecule has 3 nitrogen and oxygen atoms in total. The zero-order chi connectivity index (χ0) is 10.5. The highest BCUT2D eigenvalue weighted by Gasteiger charge is 2.14. The molecule has 0 saturated heterocycles. The lowest BCUT2D eigenvalue weighted by Crippen LogP contribution is -2.02. The van der Waals surface area contributed by atoms with Gasteiger partial charge in [0.1, 0.15) is 11.7 Å². The van der Waals surface area contributed by atoms with Crippen LogP contribution in [0, 0.1) is 11.3 Å². The van der Waals surface area contributed by atoms with E-state index in [1.54, 1.807) is 18.5 Å². The third-order valence-electron chi connectivity index (χ3n) is 2.11. The second-order valence-corrected chi connectivity index (χ2v) is 3.08. The van der Waals surface area contributed by atoms with Gasteiger partial charge in [-0.3, -0.25) is 0 Å². The third-order valence-corrected chi connectivity index (χ3v) is 2.11. The van der Waals surface area contributed by atoms with E-state index in [0.29, 0.717) is 5.82 Å². The molecule has 1 heterocycles. The molecule has 1 atom stereocenters. The van der Waals surface area contributed by atoms with E-state index in [0.717, 1.165) is 5.56 Å². The lowest BCUT2D eigenvalue weighted by atomic mass is 10.00. The molecule has 0 amide bonds. The Balaban J connectivity index is 2.39. The van der Waals surface area contributed by atoms with Gasteiger partial charge in [-0.15, -0.1) is 0 Å². The maximum absolute atomic E-state index is 9.10. The number of nitrogens with zero attached hydrogens (tertiary/aromatic N) is 3.